The number of phenolic OH excluding ortho intramolecular Hbond substituents is 1. The van der Waals surface area contributed by atoms with E-state index in [0.29, 0.717) is 0 Å². The average Bonchev–Trinajstić information content (AvgIpc) is 2.16. The lowest BCUT2D eigenvalue weighted by molar-refractivity contribution is -0.386. The third kappa shape index (κ3) is 2.21. The standard InChI is InChI=1S/C8H8BrNO4/c9-4-8(12)6-3-5(11)1-2-7(6)10(13)14/h1-3,8,11-12H,4H2. The summed E-state index contributed by atoms with van der Waals surface area (Å²) >= 11 is 3.01. The number of nitro benzene ring substituents is 1. The van der Waals surface area contributed by atoms with Crippen LogP contribution in [0.1, 0.15) is 11.7 Å². The molecule has 1 unspecified atom stereocenters. The first-order chi connectivity index (χ1) is 6.56. The Hall–Kier alpha value is -1.14. The second-order valence-corrected chi connectivity index (χ2v) is 3.32. The summed E-state index contributed by atoms with van der Waals surface area (Å²) in [5, 5.41) is 29.3. The van der Waals surface area contributed by atoms with Crippen LogP contribution in [0.5, 0.6) is 5.75 Å². The summed E-state index contributed by atoms with van der Waals surface area (Å²) in [7, 11) is 0. The Morgan fingerprint density at radius 1 is 1.57 bits per heavy atom. The fourth-order valence-corrected chi connectivity index (χ4v) is 1.41. The molecule has 76 valence electrons. The van der Waals surface area contributed by atoms with E-state index in [1.165, 1.54) is 12.1 Å². The Morgan fingerprint density at radius 3 is 2.71 bits per heavy atom. The van der Waals surface area contributed by atoms with E-state index in [2.05, 4.69) is 15.9 Å². The van der Waals surface area contributed by atoms with E-state index in [-0.39, 0.29) is 22.3 Å². The molecule has 1 rings (SSSR count). The zero-order valence-corrected chi connectivity index (χ0v) is 8.64. The fraction of sp³-hybridized carbons (Fsp3) is 0.250. The predicted octanol–water partition coefficient (Wildman–Crippen LogP) is 1.73. The van der Waals surface area contributed by atoms with Gasteiger partial charge in [-0.05, 0) is 12.1 Å². The van der Waals surface area contributed by atoms with Gasteiger partial charge in [-0.25, -0.2) is 0 Å². The van der Waals surface area contributed by atoms with Gasteiger partial charge in [0, 0.05) is 11.4 Å². The van der Waals surface area contributed by atoms with Gasteiger partial charge in [0.2, 0.25) is 0 Å². The highest BCUT2D eigenvalue weighted by Crippen LogP contribution is 2.29. The molecule has 0 heterocycles. The predicted molar refractivity (Wildman–Crippen MR) is 53.5 cm³/mol. The minimum absolute atomic E-state index is 0.104. The minimum atomic E-state index is -0.998. The largest absolute Gasteiger partial charge is 0.508 e. The van der Waals surface area contributed by atoms with Gasteiger partial charge in [0.05, 0.1) is 16.6 Å². The molecule has 0 aromatic heterocycles. The smallest absolute Gasteiger partial charge is 0.275 e. The number of nitrogens with zero attached hydrogens (tertiary/aromatic N) is 1. The lowest BCUT2D eigenvalue weighted by Crippen LogP contribution is -2.03. The number of aliphatic hydroxyl groups excluding tert-OH is 1. The van der Waals surface area contributed by atoms with E-state index in [0.717, 1.165) is 6.07 Å². The molecule has 1 aromatic carbocycles. The summed E-state index contributed by atoms with van der Waals surface area (Å²) in [4.78, 5) is 9.95. The summed E-state index contributed by atoms with van der Waals surface area (Å²) in [6.45, 7) is 0. The van der Waals surface area contributed by atoms with Gasteiger partial charge in [0.1, 0.15) is 5.75 Å². The van der Waals surface area contributed by atoms with Crippen LogP contribution in [0, 0.1) is 10.1 Å². The van der Waals surface area contributed by atoms with Gasteiger partial charge in [-0.3, -0.25) is 10.1 Å². The molecule has 0 radical (unpaired) electrons. The maximum absolute atomic E-state index is 10.6. The molecular formula is C8H8BrNO4. The zero-order chi connectivity index (χ0) is 10.7. The van der Waals surface area contributed by atoms with E-state index in [4.69, 9.17) is 5.11 Å². The number of hydrogen-bond acceptors (Lipinski definition) is 4. The molecule has 0 amide bonds. The zero-order valence-electron chi connectivity index (χ0n) is 7.05. The van der Waals surface area contributed by atoms with Crippen molar-refractivity contribution in [3.05, 3.63) is 33.9 Å². The van der Waals surface area contributed by atoms with E-state index in [9.17, 15) is 15.2 Å². The second kappa shape index (κ2) is 4.39. The van der Waals surface area contributed by atoms with Crippen molar-refractivity contribution >= 4 is 21.6 Å². The number of halogens is 1. The number of hydrogen-bond donors (Lipinski definition) is 2. The third-order valence-electron chi connectivity index (χ3n) is 1.71. The Morgan fingerprint density at radius 2 is 2.21 bits per heavy atom. The molecule has 1 atom stereocenters. The number of alkyl halides is 1. The Bertz CT molecular complexity index is 355. The van der Waals surface area contributed by atoms with Gasteiger partial charge >= 0.3 is 0 Å². The van der Waals surface area contributed by atoms with Crippen LogP contribution >= 0.6 is 15.9 Å². The molecule has 0 bridgehead atoms. The molecule has 0 saturated heterocycles. The SMILES string of the molecule is O=[N+]([O-])c1ccc(O)cc1C(O)CBr. The van der Waals surface area contributed by atoms with Crippen LogP contribution in [0.2, 0.25) is 0 Å². The highest BCUT2D eigenvalue weighted by Gasteiger charge is 2.19. The lowest BCUT2D eigenvalue weighted by atomic mass is 10.1. The van der Waals surface area contributed by atoms with Crippen LogP contribution in [-0.4, -0.2) is 20.5 Å². The number of phenols is 1. The molecule has 14 heavy (non-hydrogen) atoms. The highest BCUT2D eigenvalue weighted by atomic mass is 79.9. The maximum atomic E-state index is 10.6. The Kier molecular flexibility index (Phi) is 3.43. The van der Waals surface area contributed by atoms with Crippen molar-refractivity contribution in [2.24, 2.45) is 0 Å². The number of aromatic hydroxyl groups is 1. The van der Waals surface area contributed by atoms with Gasteiger partial charge < -0.3 is 10.2 Å². The third-order valence-corrected chi connectivity index (χ3v) is 2.33. The first-order valence-corrected chi connectivity index (χ1v) is 4.89. The molecule has 0 aliphatic heterocycles. The Balaban J connectivity index is 3.22. The number of benzene rings is 1. The van der Waals surface area contributed by atoms with Crippen molar-refractivity contribution in [1.82, 2.24) is 0 Å². The van der Waals surface area contributed by atoms with E-state index >= 15 is 0 Å². The van der Waals surface area contributed by atoms with Crippen LogP contribution < -0.4 is 0 Å². The molecule has 0 aliphatic rings. The van der Waals surface area contributed by atoms with Gasteiger partial charge in [0.25, 0.3) is 5.69 Å². The van der Waals surface area contributed by atoms with Crippen molar-refractivity contribution in [2.75, 3.05) is 5.33 Å². The van der Waals surface area contributed by atoms with Crippen LogP contribution in [0.4, 0.5) is 5.69 Å². The summed E-state index contributed by atoms with van der Waals surface area (Å²) in [6.07, 6.45) is -0.998. The maximum Gasteiger partial charge on any atom is 0.275 e. The number of rotatable bonds is 3. The van der Waals surface area contributed by atoms with Crippen LogP contribution in [-0.2, 0) is 0 Å². The van der Waals surface area contributed by atoms with Gasteiger partial charge in [-0.2, -0.15) is 0 Å². The van der Waals surface area contributed by atoms with Crippen LogP contribution in [0.25, 0.3) is 0 Å². The quantitative estimate of drug-likeness (QED) is 0.493. The van der Waals surface area contributed by atoms with E-state index < -0.39 is 11.0 Å². The van der Waals surface area contributed by atoms with Crippen LogP contribution in [0.3, 0.4) is 0 Å². The highest BCUT2D eigenvalue weighted by molar-refractivity contribution is 9.09. The van der Waals surface area contributed by atoms with Crippen molar-refractivity contribution in [1.29, 1.82) is 0 Å². The van der Waals surface area contributed by atoms with E-state index in [1.807, 2.05) is 0 Å². The minimum Gasteiger partial charge on any atom is -0.508 e. The molecule has 0 fully saturated rings. The van der Waals surface area contributed by atoms with Gasteiger partial charge in [0.15, 0.2) is 0 Å². The van der Waals surface area contributed by atoms with Crippen molar-refractivity contribution in [3.63, 3.8) is 0 Å². The second-order valence-electron chi connectivity index (χ2n) is 2.67. The van der Waals surface area contributed by atoms with Crippen molar-refractivity contribution in [3.8, 4) is 5.75 Å². The van der Waals surface area contributed by atoms with Crippen LogP contribution in [0.15, 0.2) is 18.2 Å². The molecule has 0 spiro atoms. The molecule has 0 aliphatic carbocycles. The monoisotopic (exact) mass is 261 g/mol. The number of nitro groups is 1. The summed E-state index contributed by atoms with van der Waals surface area (Å²) < 4.78 is 0. The van der Waals surface area contributed by atoms with E-state index in [1.54, 1.807) is 0 Å². The van der Waals surface area contributed by atoms with Gasteiger partial charge in [-0.15, -0.1) is 0 Å². The average molecular weight is 262 g/mol. The molecule has 6 heteroatoms. The molecule has 2 N–H and O–H groups in total. The fourth-order valence-electron chi connectivity index (χ4n) is 1.06. The lowest BCUT2D eigenvalue weighted by Gasteiger charge is -2.07. The Labute approximate surface area is 88.3 Å². The molecular weight excluding hydrogens is 254 g/mol. The molecule has 1 aromatic rings. The number of aliphatic hydroxyl groups is 1. The first-order valence-electron chi connectivity index (χ1n) is 3.77. The van der Waals surface area contributed by atoms with Crippen molar-refractivity contribution < 1.29 is 15.1 Å². The summed E-state index contributed by atoms with van der Waals surface area (Å²) in [5.41, 5.74) is -0.0957. The first kappa shape index (κ1) is 10.9. The van der Waals surface area contributed by atoms with Crippen molar-refractivity contribution in [2.45, 2.75) is 6.10 Å². The molecule has 0 saturated carbocycles. The normalized spacial score (nSPS) is 12.4. The molecule has 5 nitrogen and oxygen atoms in total. The topological polar surface area (TPSA) is 83.6 Å². The summed E-state index contributed by atoms with van der Waals surface area (Å²) in [5.74, 6) is -0.106. The summed E-state index contributed by atoms with van der Waals surface area (Å²) in [6, 6.07) is 3.56. The van der Waals surface area contributed by atoms with Gasteiger partial charge in [-0.1, -0.05) is 15.9 Å².